The minimum atomic E-state index is 0.622. The van der Waals surface area contributed by atoms with Crippen LogP contribution in [0.4, 0.5) is 0 Å². The summed E-state index contributed by atoms with van der Waals surface area (Å²) in [5.74, 6) is 0. The monoisotopic (exact) mass is 283 g/mol. The van der Waals surface area contributed by atoms with Gasteiger partial charge in [0, 0.05) is 9.86 Å². The molecule has 0 aliphatic rings. The molecule has 0 spiro atoms. The Hall–Kier alpha value is -0.600. The average Bonchev–Trinajstić information content (AvgIpc) is 2.21. The zero-order valence-electron chi connectivity index (χ0n) is 8.43. The van der Waals surface area contributed by atoms with Crippen LogP contribution in [0, 0.1) is 0 Å². The smallest absolute Gasteiger partial charge is 0.133 e. The molecule has 0 fully saturated rings. The van der Waals surface area contributed by atoms with Crippen LogP contribution in [-0.2, 0) is 6.42 Å². The van der Waals surface area contributed by atoms with Crippen molar-refractivity contribution in [1.82, 2.24) is 4.98 Å². The largest absolute Gasteiger partial charge is 0.235 e. The van der Waals surface area contributed by atoms with Gasteiger partial charge in [0.25, 0.3) is 0 Å². The Balaban J connectivity index is 2.65. The van der Waals surface area contributed by atoms with Crippen molar-refractivity contribution < 1.29 is 0 Å². The number of pyridine rings is 1. The van der Waals surface area contributed by atoms with Crippen LogP contribution in [0.3, 0.4) is 0 Å². The molecule has 78 valence electrons. The van der Waals surface area contributed by atoms with E-state index in [1.165, 1.54) is 0 Å². The molecule has 0 atom stereocenters. The number of halogens is 2. The summed E-state index contributed by atoms with van der Waals surface area (Å²) in [5.41, 5.74) is 2.06. The zero-order chi connectivity index (χ0) is 10.8. The molecule has 0 amide bonds. The van der Waals surface area contributed by atoms with E-state index in [-0.39, 0.29) is 0 Å². The van der Waals surface area contributed by atoms with Gasteiger partial charge in [-0.2, -0.15) is 0 Å². The van der Waals surface area contributed by atoms with E-state index in [1.54, 1.807) is 0 Å². The van der Waals surface area contributed by atoms with Gasteiger partial charge < -0.3 is 0 Å². The summed E-state index contributed by atoms with van der Waals surface area (Å²) in [5, 5.41) is 1.76. The third kappa shape index (κ3) is 2.16. The van der Waals surface area contributed by atoms with Crippen molar-refractivity contribution in [3.8, 4) is 0 Å². The number of nitrogens with zero attached hydrogens (tertiary/aromatic N) is 1. The van der Waals surface area contributed by atoms with Crippen LogP contribution in [0.25, 0.3) is 10.9 Å². The molecule has 1 aromatic carbocycles. The number of hydrogen-bond acceptors (Lipinski definition) is 1. The van der Waals surface area contributed by atoms with Crippen LogP contribution in [0.1, 0.15) is 18.9 Å². The number of hydrogen-bond donors (Lipinski definition) is 0. The van der Waals surface area contributed by atoms with E-state index in [1.807, 2.05) is 12.1 Å². The van der Waals surface area contributed by atoms with E-state index in [0.717, 1.165) is 33.8 Å². The molecule has 0 unspecified atom stereocenters. The maximum atomic E-state index is 6.12. The Bertz CT molecular complexity index is 496. The molecule has 0 bridgehead atoms. The second-order valence-electron chi connectivity index (χ2n) is 3.50. The normalized spacial score (nSPS) is 10.9. The molecule has 1 aromatic heterocycles. The van der Waals surface area contributed by atoms with E-state index in [2.05, 4.69) is 40.0 Å². The van der Waals surface area contributed by atoms with Crippen LogP contribution in [0.15, 0.2) is 28.7 Å². The summed E-state index contributed by atoms with van der Waals surface area (Å²) < 4.78 is 0.991. The molecule has 0 saturated carbocycles. The van der Waals surface area contributed by atoms with Crippen LogP contribution in [-0.4, -0.2) is 4.98 Å². The molecule has 0 radical (unpaired) electrons. The van der Waals surface area contributed by atoms with Crippen molar-refractivity contribution in [2.75, 3.05) is 0 Å². The maximum absolute atomic E-state index is 6.12. The average molecular weight is 285 g/mol. The molecule has 0 aliphatic heterocycles. The number of fused-ring (bicyclic) bond motifs is 1. The highest BCUT2D eigenvalue weighted by Gasteiger charge is 2.05. The summed E-state index contributed by atoms with van der Waals surface area (Å²) in [7, 11) is 0. The van der Waals surface area contributed by atoms with Gasteiger partial charge in [-0.25, -0.2) is 4.98 Å². The van der Waals surface area contributed by atoms with Crippen molar-refractivity contribution >= 4 is 38.4 Å². The number of rotatable bonds is 2. The van der Waals surface area contributed by atoms with E-state index >= 15 is 0 Å². The molecule has 15 heavy (non-hydrogen) atoms. The highest BCUT2D eigenvalue weighted by Crippen LogP contribution is 2.26. The number of aryl methyl sites for hydroxylation is 1. The highest BCUT2D eigenvalue weighted by molar-refractivity contribution is 9.10. The molecular formula is C12H11BrClN. The lowest BCUT2D eigenvalue weighted by Gasteiger charge is -2.05. The fourth-order valence-electron chi connectivity index (χ4n) is 1.63. The standard InChI is InChI=1S/C12H11BrClN/c1-2-4-9-7-8-5-3-6-10(13)11(8)15-12(9)14/h3,5-7H,2,4H2,1H3. The molecule has 0 saturated heterocycles. The van der Waals surface area contributed by atoms with Gasteiger partial charge in [-0.3, -0.25) is 0 Å². The minimum absolute atomic E-state index is 0.622. The Morgan fingerprint density at radius 3 is 2.93 bits per heavy atom. The molecular weight excluding hydrogens is 273 g/mol. The summed E-state index contributed by atoms with van der Waals surface area (Å²) in [6.07, 6.45) is 2.06. The first-order valence-electron chi connectivity index (χ1n) is 4.96. The Morgan fingerprint density at radius 2 is 2.20 bits per heavy atom. The summed E-state index contributed by atoms with van der Waals surface area (Å²) >= 11 is 9.60. The zero-order valence-corrected chi connectivity index (χ0v) is 10.8. The lowest BCUT2D eigenvalue weighted by Crippen LogP contribution is -1.90. The lowest BCUT2D eigenvalue weighted by atomic mass is 10.1. The second kappa shape index (κ2) is 4.50. The van der Waals surface area contributed by atoms with Gasteiger partial charge in [-0.15, -0.1) is 0 Å². The fraction of sp³-hybridized carbons (Fsp3) is 0.250. The predicted octanol–water partition coefficient (Wildman–Crippen LogP) is 4.60. The number of para-hydroxylation sites is 1. The summed E-state index contributed by atoms with van der Waals surface area (Å²) in [4.78, 5) is 4.41. The third-order valence-electron chi connectivity index (χ3n) is 2.34. The molecule has 0 N–H and O–H groups in total. The molecule has 3 heteroatoms. The van der Waals surface area contributed by atoms with Gasteiger partial charge in [0.1, 0.15) is 5.15 Å². The minimum Gasteiger partial charge on any atom is -0.235 e. The quantitative estimate of drug-likeness (QED) is 0.734. The Morgan fingerprint density at radius 1 is 1.40 bits per heavy atom. The van der Waals surface area contributed by atoms with Crippen molar-refractivity contribution in [3.63, 3.8) is 0 Å². The van der Waals surface area contributed by atoms with Gasteiger partial charge in [0.2, 0.25) is 0 Å². The predicted molar refractivity (Wildman–Crippen MR) is 68.4 cm³/mol. The first-order valence-corrected chi connectivity index (χ1v) is 6.13. The van der Waals surface area contributed by atoms with Gasteiger partial charge in [-0.1, -0.05) is 37.1 Å². The molecule has 1 nitrogen and oxygen atoms in total. The number of benzene rings is 1. The Kier molecular flexibility index (Phi) is 3.27. The third-order valence-corrected chi connectivity index (χ3v) is 3.31. The first-order chi connectivity index (χ1) is 7.22. The lowest BCUT2D eigenvalue weighted by molar-refractivity contribution is 0.917. The van der Waals surface area contributed by atoms with Gasteiger partial charge in [0.05, 0.1) is 5.52 Å². The topological polar surface area (TPSA) is 12.9 Å². The SMILES string of the molecule is CCCc1cc2cccc(Br)c2nc1Cl. The van der Waals surface area contributed by atoms with E-state index in [0.29, 0.717) is 5.15 Å². The van der Waals surface area contributed by atoms with Crippen molar-refractivity contribution in [2.24, 2.45) is 0 Å². The molecule has 0 aliphatic carbocycles. The van der Waals surface area contributed by atoms with Crippen LogP contribution in [0.5, 0.6) is 0 Å². The van der Waals surface area contributed by atoms with Crippen molar-refractivity contribution in [3.05, 3.63) is 39.5 Å². The summed E-state index contributed by atoms with van der Waals surface area (Å²) in [6, 6.07) is 8.17. The van der Waals surface area contributed by atoms with Crippen LogP contribution < -0.4 is 0 Å². The van der Waals surface area contributed by atoms with E-state index in [4.69, 9.17) is 11.6 Å². The second-order valence-corrected chi connectivity index (χ2v) is 4.71. The van der Waals surface area contributed by atoms with Gasteiger partial charge in [-0.05, 0) is 40.0 Å². The first kappa shape index (κ1) is 10.9. The molecule has 2 aromatic rings. The van der Waals surface area contributed by atoms with E-state index in [9.17, 15) is 0 Å². The highest BCUT2D eigenvalue weighted by atomic mass is 79.9. The summed E-state index contributed by atoms with van der Waals surface area (Å²) in [6.45, 7) is 2.14. The maximum Gasteiger partial charge on any atom is 0.133 e. The fourth-order valence-corrected chi connectivity index (χ4v) is 2.33. The van der Waals surface area contributed by atoms with Crippen LogP contribution >= 0.6 is 27.5 Å². The molecule has 1 heterocycles. The van der Waals surface area contributed by atoms with Crippen molar-refractivity contribution in [1.29, 1.82) is 0 Å². The number of aromatic nitrogens is 1. The van der Waals surface area contributed by atoms with Gasteiger partial charge >= 0.3 is 0 Å². The molecule has 2 rings (SSSR count). The van der Waals surface area contributed by atoms with Crippen LogP contribution in [0.2, 0.25) is 5.15 Å². The Labute approximate surface area is 103 Å². The van der Waals surface area contributed by atoms with E-state index < -0.39 is 0 Å². The van der Waals surface area contributed by atoms with Crippen molar-refractivity contribution in [2.45, 2.75) is 19.8 Å². The van der Waals surface area contributed by atoms with Gasteiger partial charge in [0.15, 0.2) is 0 Å².